The van der Waals surface area contributed by atoms with Gasteiger partial charge in [-0.25, -0.2) is 0 Å². The van der Waals surface area contributed by atoms with E-state index < -0.39 is 5.56 Å². The topological polar surface area (TPSA) is 53.1 Å². The molecular formula is C11H17NO2. The van der Waals surface area contributed by atoms with Crippen LogP contribution in [0.2, 0.25) is 0 Å². The molecule has 1 heterocycles. The summed E-state index contributed by atoms with van der Waals surface area (Å²) in [6.07, 6.45) is 0. The first-order valence-electron chi connectivity index (χ1n) is 4.89. The summed E-state index contributed by atoms with van der Waals surface area (Å²) in [6, 6.07) is 1.57. The van der Waals surface area contributed by atoms with Gasteiger partial charge in [0.15, 0.2) is 5.75 Å². The first kappa shape index (κ1) is 10.8. The summed E-state index contributed by atoms with van der Waals surface area (Å²) < 4.78 is 0. The molecule has 0 aliphatic heterocycles. The highest BCUT2D eigenvalue weighted by Gasteiger charge is 2.13. The van der Waals surface area contributed by atoms with E-state index in [-0.39, 0.29) is 11.7 Å². The number of aromatic hydroxyl groups is 1. The quantitative estimate of drug-likeness (QED) is 0.761. The molecule has 0 aliphatic carbocycles. The van der Waals surface area contributed by atoms with Crippen LogP contribution >= 0.6 is 0 Å². The SMILES string of the molecule is CC(C)c1cc(O)c(=O)[nH]c1C(C)C. The van der Waals surface area contributed by atoms with Gasteiger partial charge in [0, 0.05) is 5.69 Å². The molecule has 0 unspecified atom stereocenters. The van der Waals surface area contributed by atoms with Crippen molar-refractivity contribution < 1.29 is 5.11 Å². The number of hydrogen-bond acceptors (Lipinski definition) is 2. The van der Waals surface area contributed by atoms with Crippen molar-refractivity contribution in [3.8, 4) is 5.75 Å². The van der Waals surface area contributed by atoms with Crippen molar-refractivity contribution in [2.24, 2.45) is 0 Å². The number of aromatic amines is 1. The molecule has 1 aromatic rings. The van der Waals surface area contributed by atoms with E-state index in [0.717, 1.165) is 11.3 Å². The number of pyridine rings is 1. The smallest absolute Gasteiger partial charge is 0.290 e. The Balaban J connectivity index is 3.39. The van der Waals surface area contributed by atoms with Gasteiger partial charge in [0.25, 0.3) is 5.56 Å². The second-order valence-electron chi connectivity index (χ2n) is 4.16. The first-order chi connectivity index (χ1) is 6.43. The summed E-state index contributed by atoms with van der Waals surface area (Å²) >= 11 is 0. The van der Waals surface area contributed by atoms with Crippen LogP contribution in [0.4, 0.5) is 0 Å². The zero-order valence-electron chi connectivity index (χ0n) is 9.09. The molecular weight excluding hydrogens is 178 g/mol. The van der Waals surface area contributed by atoms with Crippen LogP contribution in [-0.2, 0) is 0 Å². The zero-order valence-corrected chi connectivity index (χ0v) is 9.09. The monoisotopic (exact) mass is 195 g/mol. The van der Waals surface area contributed by atoms with Gasteiger partial charge < -0.3 is 10.1 Å². The fourth-order valence-corrected chi connectivity index (χ4v) is 1.50. The Morgan fingerprint density at radius 3 is 2.21 bits per heavy atom. The lowest BCUT2D eigenvalue weighted by Crippen LogP contribution is -2.13. The normalized spacial score (nSPS) is 11.3. The second-order valence-corrected chi connectivity index (χ2v) is 4.16. The van der Waals surface area contributed by atoms with E-state index in [9.17, 15) is 9.90 Å². The van der Waals surface area contributed by atoms with Crippen LogP contribution in [0.5, 0.6) is 5.75 Å². The number of rotatable bonds is 2. The van der Waals surface area contributed by atoms with Crippen LogP contribution in [0.15, 0.2) is 10.9 Å². The Bertz CT molecular complexity index is 377. The van der Waals surface area contributed by atoms with Crippen molar-refractivity contribution in [3.05, 3.63) is 27.7 Å². The predicted molar refractivity (Wildman–Crippen MR) is 56.9 cm³/mol. The summed E-state index contributed by atoms with van der Waals surface area (Å²) in [6.45, 7) is 8.13. The first-order valence-corrected chi connectivity index (χ1v) is 4.89. The van der Waals surface area contributed by atoms with Gasteiger partial charge in [0.2, 0.25) is 0 Å². The molecule has 0 bridgehead atoms. The maximum Gasteiger partial charge on any atom is 0.290 e. The molecule has 78 valence electrons. The minimum atomic E-state index is -0.405. The summed E-state index contributed by atoms with van der Waals surface area (Å²) in [4.78, 5) is 13.9. The molecule has 0 amide bonds. The van der Waals surface area contributed by atoms with E-state index in [4.69, 9.17) is 0 Å². The molecule has 0 spiro atoms. The van der Waals surface area contributed by atoms with Crippen molar-refractivity contribution in [2.75, 3.05) is 0 Å². The van der Waals surface area contributed by atoms with Crippen LogP contribution in [0.1, 0.15) is 50.8 Å². The van der Waals surface area contributed by atoms with Crippen molar-refractivity contribution in [2.45, 2.75) is 39.5 Å². The Morgan fingerprint density at radius 1 is 1.21 bits per heavy atom. The van der Waals surface area contributed by atoms with E-state index in [1.807, 2.05) is 27.7 Å². The fraction of sp³-hybridized carbons (Fsp3) is 0.545. The van der Waals surface area contributed by atoms with Crippen molar-refractivity contribution in [1.29, 1.82) is 0 Å². The third-order valence-corrected chi connectivity index (χ3v) is 2.28. The standard InChI is InChI=1S/C11H17NO2/c1-6(2)8-5-9(13)11(14)12-10(8)7(3)4/h5-7,13H,1-4H3,(H,12,14). The number of hydrogen-bond donors (Lipinski definition) is 2. The molecule has 0 saturated carbocycles. The molecule has 3 heteroatoms. The molecule has 2 N–H and O–H groups in total. The Morgan fingerprint density at radius 2 is 1.79 bits per heavy atom. The summed E-state index contributed by atoms with van der Waals surface area (Å²) in [7, 11) is 0. The van der Waals surface area contributed by atoms with Gasteiger partial charge in [0.05, 0.1) is 0 Å². The molecule has 0 aromatic carbocycles. The van der Waals surface area contributed by atoms with Crippen LogP contribution in [0.25, 0.3) is 0 Å². The molecule has 0 fully saturated rings. The highest BCUT2D eigenvalue weighted by molar-refractivity contribution is 5.32. The van der Waals surface area contributed by atoms with Crippen LogP contribution in [-0.4, -0.2) is 10.1 Å². The Kier molecular flexibility index (Phi) is 2.99. The van der Waals surface area contributed by atoms with Crippen molar-refractivity contribution in [3.63, 3.8) is 0 Å². The highest BCUT2D eigenvalue weighted by atomic mass is 16.3. The Labute approximate surface area is 83.8 Å². The van der Waals surface area contributed by atoms with Crippen molar-refractivity contribution in [1.82, 2.24) is 4.98 Å². The largest absolute Gasteiger partial charge is 0.503 e. The van der Waals surface area contributed by atoms with Gasteiger partial charge in [0.1, 0.15) is 0 Å². The lowest BCUT2D eigenvalue weighted by atomic mass is 9.95. The fourth-order valence-electron chi connectivity index (χ4n) is 1.50. The molecule has 0 saturated heterocycles. The van der Waals surface area contributed by atoms with E-state index >= 15 is 0 Å². The van der Waals surface area contributed by atoms with E-state index in [1.165, 1.54) is 0 Å². The second kappa shape index (κ2) is 3.86. The lowest BCUT2D eigenvalue weighted by molar-refractivity contribution is 0.463. The summed E-state index contributed by atoms with van der Waals surface area (Å²) in [5.74, 6) is 0.369. The van der Waals surface area contributed by atoms with Crippen molar-refractivity contribution >= 4 is 0 Å². The summed E-state index contributed by atoms with van der Waals surface area (Å²) in [5, 5.41) is 9.31. The number of nitrogens with one attached hydrogen (secondary N) is 1. The van der Waals surface area contributed by atoms with Crippen LogP contribution < -0.4 is 5.56 Å². The van der Waals surface area contributed by atoms with Gasteiger partial charge >= 0.3 is 0 Å². The minimum Gasteiger partial charge on any atom is -0.503 e. The maximum atomic E-state index is 11.2. The van der Waals surface area contributed by atoms with E-state index in [2.05, 4.69) is 4.98 Å². The lowest BCUT2D eigenvalue weighted by Gasteiger charge is -2.15. The molecule has 14 heavy (non-hydrogen) atoms. The zero-order chi connectivity index (χ0) is 10.9. The van der Waals surface area contributed by atoms with E-state index in [0.29, 0.717) is 5.92 Å². The van der Waals surface area contributed by atoms with Gasteiger partial charge in [-0.1, -0.05) is 27.7 Å². The average Bonchev–Trinajstić information content (AvgIpc) is 2.08. The maximum absolute atomic E-state index is 11.2. The summed E-state index contributed by atoms with van der Waals surface area (Å²) in [5.41, 5.74) is 1.53. The van der Waals surface area contributed by atoms with Gasteiger partial charge in [-0.3, -0.25) is 4.79 Å². The third kappa shape index (κ3) is 1.97. The number of aromatic nitrogens is 1. The third-order valence-electron chi connectivity index (χ3n) is 2.28. The molecule has 0 radical (unpaired) electrons. The Hall–Kier alpha value is -1.25. The van der Waals surface area contributed by atoms with Crippen LogP contribution in [0, 0.1) is 0 Å². The highest BCUT2D eigenvalue weighted by Crippen LogP contribution is 2.24. The molecule has 3 nitrogen and oxygen atoms in total. The average molecular weight is 195 g/mol. The molecule has 1 aromatic heterocycles. The molecule has 1 rings (SSSR count). The van der Waals surface area contributed by atoms with Gasteiger partial charge in [-0.05, 0) is 23.5 Å². The van der Waals surface area contributed by atoms with E-state index in [1.54, 1.807) is 6.07 Å². The van der Waals surface area contributed by atoms with Gasteiger partial charge in [-0.2, -0.15) is 0 Å². The number of H-pyrrole nitrogens is 1. The van der Waals surface area contributed by atoms with Gasteiger partial charge in [-0.15, -0.1) is 0 Å². The molecule has 0 aliphatic rings. The van der Waals surface area contributed by atoms with Crippen LogP contribution in [0.3, 0.4) is 0 Å². The predicted octanol–water partition coefficient (Wildman–Crippen LogP) is 2.33. The minimum absolute atomic E-state index is 0.196. The molecule has 0 atom stereocenters.